The molecule has 0 fully saturated rings. The standard InChI is InChI=1S/C22H23Cl3N2/c1-4-5-6-7-21-15(3)27(17-9-11-19(24)14(2)12-17)22(26-21)18-10-8-16(23)13-20(18)25/h8-13H,4-7H2,1-3H3. The molecule has 2 nitrogen and oxygen atoms in total. The van der Waals surface area contributed by atoms with Gasteiger partial charge in [0.25, 0.3) is 0 Å². The van der Waals surface area contributed by atoms with Gasteiger partial charge in [-0.15, -0.1) is 0 Å². The summed E-state index contributed by atoms with van der Waals surface area (Å²) in [5.74, 6) is 0.836. The summed E-state index contributed by atoms with van der Waals surface area (Å²) in [5, 5.41) is 1.97. The maximum atomic E-state index is 6.51. The maximum absolute atomic E-state index is 6.51. The van der Waals surface area contributed by atoms with Gasteiger partial charge in [0.2, 0.25) is 0 Å². The van der Waals surface area contributed by atoms with E-state index in [1.54, 1.807) is 6.07 Å². The van der Waals surface area contributed by atoms with E-state index in [9.17, 15) is 0 Å². The molecule has 1 heterocycles. The number of halogens is 3. The second kappa shape index (κ2) is 8.68. The molecule has 0 saturated heterocycles. The van der Waals surface area contributed by atoms with Crippen LogP contribution in [0.2, 0.25) is 15.1 Å². The van der Waals surface area contributed by atoms with E-state index in [1.807, 2.05) is 31.2 Å². The summed E-state index contributed by atoms with van der Waals surface area (Å²) in [5.41, 5.74) is 5.18. The Morgan fingerprint density at radius 3 is 2.37 bits per heavy atom. The number of unbranched alkanes of at least 4 members (excludes halogenated alkanes) is 2. The fraction of sp³-hybridized carbons (Fsp3) is 0.318. The third kappa shape index (κ3) is 4.34. The molecule has 142 valence electrons. The summed E-state index contributed by atoms with van der Waals surface area (Å²) < 4.78 is 2.17. The molecule has 0 aliphatic rings. The Bertz CT molecular complexity index is 960. The minimum absolute atomic E-state index is 0.597. The summed E-state index contributed by atoms with van der Waals surface area (Å²) in [6.07, 6.45) is 4.47. The van der Waals surface area contributed by atoms with Gasteiger partial charge in [-0.1, -0.05) is 54.6 Å². The molecule has 1 aromatic heterocycles. The zero-order valence-corrected chi connectivity index (χ0v) is 18.1. The van der Waals surface area contributed by atoms with E-state index >= 15 is 0 Å². The van der Waals surface area contributed by atoms with Gasteiger partial charge in [-0.3, -0.25) is 4.57 Å². The van der Waals surface area contributed by atoms with Crippen LogP contribution in [-0.4, -0.2) is 9.55 Å². The van der Waals surface area contributed by atoms with Gasteiger partial charge in [-0.05, 0) is 68.7 Å². The van der Waals surface area contributed by atoms with Crippen LogP contribution in [-0.2, 0) is 6.42 Å². The van der Waals surface area contributed by atoms with Crippen molar-refractivity contribution in [2.75, 3.05) is 0 Å². The van der Waals surface area contributed by atoms with E-state index < -0.39 is 0 Å². The summed E-state index contributed by atoms with van der Waals surface area (Å²) >= 11 is 18.8. The van der Waals surface area contributed by atoms with Crippen LogP contribution in [0.3, 0.4) is 0 Å². The van der Waals surface area contributed by atoms with Crippen molar-refractivity contribution in [2.45, 2.75) is 46.5 Å². The maximum Gasteiger partial charge on any atom is 0.146 e. The summed E-state index contributed by atoms with van der Waals surface area (Å²) in [4.78, 5) is 4.97. The minimum Gasteiger partial charge on any atom is -0.297 e. The molecule has 5 heteroatoms. The first-order valence-corrected chi connectivity index (χ1v) is 10.4. The van der Waals surface area contributed by atoms with Crippen molar-refractivity contribution >= 4 is 34.8 Å². The van der Waals surface area contributed by atoms with E-state index in [0.717, 1.165) is 51.9 Å². The van der Waals surface area contributed by atoms with Crippen LogP contribution in [0.1, 0.15) is 43.1 Å². The Labute approximate surface area is 176 Å². The van der Waals surface area contributed by atoms with E-state index in [1.165, 1.54) is 12.8 Å². The molecule has 0 saturated carbocycles. The van der Waals surface area contributed by atoms with Crippen LogP contribution in [0.5, 0.6) is 0 Å². The van der Waals surface area contributed by atoms with Crippen molar-refractivity contribution in [2.24, 2.45) is 0 Å². The Morgan fingerprint density at radius 2 is 1.70 bits per heavy atom. The average Bonchev–Trinajstić information content (AvgIpc) is 2.94. The highest BCUT2D eigenvalue weighted by Crippen LogP contribution is 2.34. The number of rotatable bonds is 6. The Hall–Kier alpha value is -1.48. The molecule has 0 bridgehead atoms. The zero-order valence-electron chi connectivity index (χ0n) is 15.8. The number of aromatic nitrogens is 2. The predicted octanol–water partition coefficient (Wildman–Crippen LogP) is 7.85. The molecule has 0 aliphatic carbocycles. The molecule has 3 rings (SSSR count). The molecule has 2 aromatic carbocycles. The molecule has 3 aromatic rings. The lowest BCUT2D eigenvalue weighted by Gasteiger charge is -2.13. The molecular weight excluding hydrogens is 399 g/mol. The normalized spacial score (nSPS) is 11.2. The van der Waals surface area contributed by atoms with Crippen molar-refractivity contribution in [3.05, 3.63) is 68.4 Å². The fourth-order valence-electron chi connectivity index (χ4n) is 3.26. The molecule has 0 atom stereocenters. The predicted molar refractivity (Wildman–Crippen MR) is 117 cm³/mol. The lowest BCUT2D eigenvalue weighted by atomic mass is 10.1. The first-order chi connectivity index (χ1) is 12.9. The molecule has 0 amide bonds. The van der Waals surface area contributed by atoms with Gasteiger partial charge in [0.05, 0.1) is 10.7 Å². The number of benzene rings is 2. The van der Waals surface area contributed by atoms with E-state index in [0.29, 0.717) is 10.0 Å². The highest BCUT2D eigenvalue weighted by Gasteiger charge is 2.19. The lowest BCUT2D eigenvalue weighted by molar-refractivity contribution is 0.706. The monoisotopic (exact) mass is 420 g/mol. The minimum atomic E-state index is 0.597. The smallest absolute Gasteiger partial charge is 0.146 e. The van der Waals surface area contributed by atoms with Crippen molar-refractivity contribution in [3.63, 3.8) is 0 Å². The first kappa shape index (κ1) is 20.3. The van der Waals surface area contributed by atoms with Crippen LogP contribution < -0.4 is 0 Å². The van der Waals surface area contributed by atoms with Gasteiger partial charge in [0, 0.05) is 27.0 Å². The SMILES string of the molecule is CCCCCc1nc(-c2ccc(Cl)cc2Cl)n(-c2ccc(Cl)c(C)c2)c1C. The van der Waals surface area contributed by atoms with Crippen molar-refractivity contribution in [3.8, 4) is 17.1 Å². The van der Waals surface area contributed by atoms with Crippen LogP contribution in [0.15, 0.2) is 36.4 Å². The Balaban J connectivity index is 2.17. The van der Waals surface area contributed by atoms with Gasteiger partial charge in [-0.2, -0.15) is 0 Å². The summed E-state index contributed by atoms with van der Waals surface area (Å²) in [6.45, 7) is 6.33. The van der Waals surface area contributed by atoms with Gasteiger partial charge in [-0.25, -0.2) is 4.98 Å². The lowest BCUT2D eigenvalue weighted by Crippen LogP contribution is -2.01. The van der Waals surface area contributed by atoms with Crippen LogP contribution in [0.4, 0.5) is 0 Å². The van der Waals surface area contributed by atoms with Crippen molar-refractivity contribution in [1.82, 2.24) is 9.55 Å². The van der Waals surface area contributed by atoms with Crippen molar-refractivity contribution in [1.29, 1.82) is 0 Å². The number of hydrogen-bond donors (Lipinski definition) is 0. The third-order valence-corrected chi connectivity index (χ3v) is 5.77. The van der Waals surface area contributed by atoms with Gasteiger partial charge >= 0.3 is 0 Å². The number of imidazole rings is 1. The quantitative estimate of drug-likeness (QED) is 0.370. The van der Waals surface area contributed by atoms with Crippen molar-refractivity contribution < 1.29 is 0 Å². The van der Waals surface area contributed by atoms with Gasteiger partial charge < -0.3 is 0 Å². The third-order valence-electron chi connectivity index (χ3n) is 4.79. The molecule has 0 N–H and O–H groups in total. The van der Waals surface area contributed by atoms with E-state index in [2.05, 4.69) is 24.5 Å². The van der Waals surface area contributed by atoms with Gasteiger partial charge in [0.1, 0.15) is 5.82 Å². The summed E-state index contributed by atoms with van der Waals surface area (Å²) in [7, 11) is 0. The van der Waals surface area contributed by atoms with E-state index in [4.69, 9.17) is 39.8 Å². The second-order valence-electron chi connectivity index (χ2n) is 6.82. The largest absolute Gasteiger partial charge is 0.297 e. The van der Waals surface area contributed by atoms with Crippen LogP contribution in [0.25, 0.3) is 17.1 Å². The summed E-state index contributed by atoms with van der Waals surface area (Å²) in [6, 6.07) is 11.6. The molecule has 0 radical (unpaired) electrons. The fourth-order valence-corrected chi connectivity index (χ4v) is 3.87. The highest BCUT2D eigenvalue weighted by molar-refractivity contribution is 6.36. The first-order valence-electron chi connectivity index (χ1n) is 9.22. The van der Waals surface area contributed by atoms with Crippen LogP contribution in [0, 0.1) is 13.8 Å². The Morgan fingerprint density at radius 1 is 0.926 bits per heavy atom. The topological polar surface area (TPSA) is 17.8 Å². The Kier molecular flexibility index (Phi) is 6.52. The molecule has 0 unspecified atom stereocenters. The molecule has 27 heavy (non-hydrogen) atoms. The number of hydrogen-bond acceptors (Lipinski definition) is 1. The molecule has 0 aliphatic heterocycles. The molecular formula is C22H23Cl3N2. The number of aryl methyl sites for hydroxylation is 2. The van der Waals surface area contributed by atoms with Crippen LogP contribution >= 0.6 is 34.8 Å². The number of nitrogens with zero attached hydrogens (tertiary/aromatic N) is 2. The molecule has 0 spiro atoms. The van der Waals surface area contributed by atoms with E-state index in [-0.39, 0.29) is 0 Å². The second-order valence-corrected chi connectivity index (χ2v) is 8.07. The van der Waals surface area contributed by atoms with Gasteiger partial charge in [0.15, 0.2) is 0 Å². The average molecular weight is 422 g/mol. The zero-order chi connectivity index (χ0) is 19.6. The highest BCUT2D eigenvalue weighted by atomic mass is 35.5.